The minimum absolute atomic E-state index is 0.259. The fourth-order valence-electron chi connectivity index (χ4n) is 3.04. The summed E-state index contributed by atoms with van der Waals surface area (Å²) in [6.45, 7) is 5.73. The molecule has 4 rings (SSSR count). The van der Waals surface area contributed by atoms with Gasteiger partial charge in [0, 0.05) is 21.7 Å². The molecule has 0 radical (unpaired) electrons. The molecule has 0 fully saturated rings. The number of anilines is 1. The summed E-state index contributed by atoms with van der Waals surface area (Å²) in [5.41, 5.74) is 3.86. The third kappa shape index (κ3) is 3.19. The van der Waals surface area contributed by atoms with Crippen LogP contribution in [0.5, 0.6) is 0 Å². The maximum atomic E-state index is 12.6. The second-order valence-corrected chi connectivity index (χ2v) is 6.83. The monoisotopic (exact) mass is 380 g/mol. The highest BCUT2D eigenvalue weighted by atomic mass is 35.5. The maximum absolute atomic E-state index is 12.6. The van der Waals surface area contributed by atoms with Gasteiger partial charge in [-0.1, -0.05) is 11.6 Å². The van der Waals surface area contributed by atoms with E-state index in [2.05, 4.69) is 15.4 Å². The van der Waals surface area contributed by atoms with Crippen LogP contribution < -0.4 is 5.32 Å². The minimum atomic E-state index is -0.333. The topological polar surface area (TPSA) is 73.0 Å². The van der Waals surface area contributed by atoms with Crippen molar-refractivity contribution in [1.29, 1.82) is 0 Å². The lowest BCUT2D eigenvalue weighted by Gasteiger charge is -2.06. The Morgan fingerprint density at radius 2 is 1.96 bits per heavy atom. The quantitative estimate of drug-likeness (QED) is 0.551. The molecule has 3 heterocycles. The fraction of sp³-hybridized carbons (Fsp3) is 0.150. The molecule has 4 aromatic rings. The number of nitrogens with zero attached hydrogens (tertiary/aromatic N) is 3. The van der Waals surface area contributed by atoms with Crippen LogP contribution >= 0.6 is 11.6 Å². The summed E-state index contributed by atoms with van der Waals surface area (Å²) in [5, 5.41) is 8.64. The first-order valence-corrected chi connectivity index (χ1v) is 8.80. The highest BCUT2D eigenvalue weighted by molar-refractivity contribution is 6.31. The molecule has 27 heavy (non-hydrogen) atoms. The summed E-state index contributed by atoms with van der Waals surface area (Å²) < 4.78 is 7.45. The van der Waals surface area contributed by atoms with Gasteiger partial charge in [-0.3, -0.25) is 4.79 Å². The molecular formula is C20H17ClN4O2. The zero-order valence-corrected chi connectivity index (χ0v) is 15.8. The molecule has 0 atom stereocenters. The summed E-state index contributed by atoms with van der Waals surface area (Å²) in [6.07, 6.45) is 1.60. The Labute approximate surface area is 160 Å². The van der Waals surface area contributed by atoms with Crippen molar-refractivity contribution in [2.45, 2.75) is 20.8 Å². The number of aromatic nitrogens is 3. The van der Waals surface area contributed by atoms with Crippen LogP contribution in [-0.4, -0.2) is 20.7 Å². The van der Waals surface area contributed by atoms with E-state index in [1.54, 1.807) is 41.2 Å². The van der Waals surface area contributed by atoms with Crippen molar-refractivity contribution in [2.24, 2.45) is 0 Å². The number of carbonyl (C=O) groups excluding carboxylic acids is 1. The molecule has 1 N–H and O–H groups in total. The largest absolute Gasteiger partial charge is 0.451 e. The van der Waals surface area contributed by atoms with E-state index in [1.165, 1.54) is 0 Å². The van der Waals surface area contributed by atoms with E-state index in [1.807, 2.05) is 26.8 Å². The van der Waals surface area contributed by atoms with Gasteiger partial charge in [0.15, 0.2) is 11.6 Å². The van der Waals surface area contributed by atoms with Crippen LogP contribution in [0.1, 0.15) is 27.5 Å². The van der Waals surface area contributed by atoms with Crippen molar-refractivity contribution >= 4 is 34.2 Å². The van der Waals surface area contributed by atoms with Crippen molar-refractivity contribution in [3.63, 3.8) is 0 Å². The zero-order chi connectivity index (χ0) is 19.1. The molecular weight excluding hydrogens is 364 g/mol. The van der Waals surface area contributed by atoms with E-state index < -0.39 is 0 Å². The van der Waals surface area contributed by atoms with Crippen molar-refractivity contribution in [3.8, 4) is 5.82 Å². The number of benzene rings is 1. The number of halogens is 1. The van der Waals surface area contributed by atoms with Crippen LogP contribution in [0, 0.1) is 20.8 Å². The zero-order valence-electron chi connectivity index (χ0n) is 15.1. The van der Waals surface area contributed by atoms with Gasteiger partial charge >= 0.3 is 0 Å². The third-order valence-electron chi connectivity index (χ3n) is 4.34. The maximum Gasteiger partial charge on any atom is 0.291 e. The van der Waals surface area contributed by atoms with Gasteiger partial charge in [-0.2, -0.15) is 5.10 Å². The molecule has 136 valence electrons. The van der Waals surface area contributed by atoms with E-state index in [0.717, 1.165) is 22.3 Å². The smallest absolute Gasteiger partial charge is 0.291 e. The summed E-state index contributed by atoms with van der Waals surface area (Å²) in [5.74, 6) is 0.614. The molecule has 0 unspecified atom stereocenters. The Morgan fingerprint density at radius 3 is 2.63 bits per heavy atom. The predicted octanol–water partition coefficient (Wildman–Crippen LogP) is 4.84. The number of pyridine rings is 1. The molecule has 0 aliphatic heterocycles. The first-order valence-electron chi connectivity index (χ1n) is 8.42. The Balaban J connectivity index is 1.58. The Hall–Kier alpha value is -3.12. The van der Waals surface area contributed by atoms with Gasteiger partial charge in [-0.25, -0.2) is 9.67 Å². The molecule has 0 aliphatic rings. The summed E-state index contributed by atoms with van der Waals surface area (Å²) in [6, 6.07) is 10.8. The van der Waals surface area contributed by atoms with Gasteiger partial charge in [0.1, 0.15) is 5.58 Å². The average Bonchev–Trinajstić information content (AvgIpc) is 3.15. The number of carbonyl (C=O) groups is 1. The standard InChI is InChI=1S/C20H17ClN4O2/c1-11-8-12(2)25(24-11)18-7-5-15(10-22-18)23-20(26)19-13(3)16-9-14(21)4-6-17(16)27-19/h4-10H,1-3H3,(H,23,26). The van der Waals surface area contributed by atoms with E-state index in [0.29, 0.717) is 22.1 Å². The number of hydrogen-bond acceptors (Lipinski definition) is 4. The number of amides is 1. The van der Waals surface area contributed by atoms with Crippen molar-refractivity contribution < 1.29 is 9.21 Å². The van der Waals surface area contributed by atoms with Crippen LogP contribution in [0.3, 0.4) is 0 Å². The molecule has 1 aromatic carbocycles. The second-order valence-electron chi connectivity index (χ2n) is 6.39. The molecule has 0 spiro atoms. The Morgan fingerprint density at radius 1 is 1.15 bits per heavy atom. The number of fused-ring (bicyclic) bond motifs is 1. The third-order valence-corrected chi connectivity index (χ3v) is 4.57. The van der Waals surface area contributed by atoms with E-state index in [4.69, 9.17) is 16.0 Å². The van der Waals surface area contributed by atoms with Gasteiger partial charge in [0.2, 0.25) is 0 Å². The molecule has 0 aliphatic carbocycles. The van der Waals surface area contributed by atoms with Crippen LogP contribution in [0.15, 0.2) is 47.0 Å². The van der Waals surface area contributed by atoms with Crippen molar-refractivity contribution in [2.75, 3.05) is 5.32 Å². The Kier molecular flexibility index (Phi) is 4.20. The Bertz CT molecular complexity index is 1160. The first kappa shape index (κ1) is 17.3. The number of furan rings is 1. The molecule has 0 saturated heterocycles. The van der Waals surface area contributed by atoms with Crippen molar-refractivity contribution in [1.82, 2.24) is 14.8 Å². The SMILES string of the molecule is Cc1cc(C)n(-c2ccc(NC(=O)c3oc4ccc(Cl)cc4c3C)cn2)n1. The van der Waals surface area contributed by atoms with Crippen LogP contribution in [-0.2, 0) is 0 Å². The molecule has 0 bridgehead atoms. The molecule has 1 amide bonds. The number of hydrogen-bond donors (Lipinski definition) is 1. The van der Waals surface area contributed by atoms with E-state index >= 15 is 0 Å². The molecule has 6 nitrogen and oxygen atoms in total. The highest BCUT2D eigenvalue weighted by Crippen LogP contribution is 2.28. The molecule has 3 aromatic heterocycles. The van der Waals surface area contributed by atoms with Crippen LogP contribution in [0.4, 0.5) is 5.69 Å². The van der Waals surface area contributed by atoms with Crippen LogP contribution in [0.25, 0.3) is 16.8 Å². The van der Waals surface area contributed by atoms with Gasteiger partial charge in [-0.05, 0) is 57.2 Å². The van der Waals surface area contributed by atoms with E-state index in [9.17, 15) is 4.79 Å². The van der Waals surface area contributed by atoms with Gasteiger partial charge < -0.3 is 9.73 Å². The summed E-state index contributed by atoms with van der Waals surface area (Å²) in [7, 11) is 0. The lowest BCUT2D eigenvalue weighted by atomic mass is 10.1. The number of aryl methyl sites for hydroxylation is 3. The van der Waals surface area contributed by atoms with Crippen LogP contribution in [0.2, 0.25) is 5.02 Å². The number of rotatable bonds is 3. The normalized spacial score (nSPS) is 11.1. The van der Waals surface area contributed by atoms with Gasteiger partial charge in [-0.15, -0.1) is 0 Å². The molecule has 7 heteroatoms. The van der Waals surface area contributed by atoms with Crippen molar-refractivity contribution in [3.05, 3.63) is 70.3 Å². The first-order chi connectivity index (χ1) is 12.9. The molecule has 0 saturated carbocycles. The van der Waals surface area contributed by atoms with Gasteiger partial charge in [0.05, 0.1) is 17.6 Å². The second kappa shape index (κ2) is 6.55. The summed E-state index contributed by atoms with van der Waals surface area (Å²) in [4.78, 5) is 17.0. The number of nitrogens with one attached hydrogen (secondary N) is 1. The van der Waals surface area contributed by atoms with Gasteiger partial charge in [0.25, 0.3) is 5.91 Å². The fourth-order valence-corrected chi connectivity index (χ4v) is 3.22. The predicted molar refractivity (Wildman–Crippen MR) is 105 cm³/mol. The average molecular weight is 381 g/mol. The summed E-state index contributed by atoms with van der Waals surface area (Å²) >= 11 is 6.03. The lowest BCUT2D eigenvalue weighted by molar-refractivity contribution is 0.0998. The minimum Gasteiger partial charge on any atom is -0.451 e. The lowest BCUT2D eigenvalue weighted by Crippen LogP contribution is -2.12. The van der Waals surface area contributed by atoms with E-state index in [-0.39, 0.29) is 11.7 Å². The highest BCUT2D eigenvalue weighted by Gasteiger charge is 2.18.